The number of hydrogen-bond donors (Lipinski definition) is 2. The van der Waals surface area contributed by atoms with E-state index in [9.17, 15) is 14.0 Å². The number of carbonyl (C=O) groups is 2. The van der Waals surface area contributed by atoms with Crippen LogP contribution in [-0.2, 0) is 11.2 Å². The third kappa shape index (κ3) is 4.73. The normalized spacial score (nSPS) is 10.4. The van der Waals surface area contributed by atoms with E-state index in [1.54, 1.807) is 42.6 Å². The Morgan fingerprint density at radius 3 is 2.62 bits per heavy atom. The van der Waals surface area contributed by atoms with Crippen LogP contribution in [0, 0.1) is 5.82 Å². The fourth-order valence-electron chi connectivity index (χ4n) is 2.36. The van der Waals surface area contributed by atoms with Crippen molar-refractivity contribution in [1.29, 1.82) is 0 Å². The van der Waals surface area contributed by atoms with Crippen molar-refractivity contribution in [2.75, 3.05) is 10.6 Å². The lowest BCUT2D eigenvalue weighted by Crippen LogP contribution is -2.12. The van der Waals surface area contributed by atoms with E-state index in [0.29, 0.717) is 22.8 Å². The Hall–Kier alpha value is -3.06. The summed E-state index contributed by atoms with van der Waals surface area (Å²) in [4.78, 5) is 28.6. The van der Waals surface area contributed by atoms with Gasteiger partial charge in [-0.1, -0.05) is 18.2 Å². The highest BCUT2D eigenvalue weighted by Crippen LogP contribution is 2.22. The number of hydrogen-bond acceptors (Lipinski definition) is 4. The first-order chi connectivity index (χ1) is 12.5. The Labute approximate surface area is 153 Å². The molecule has 1 heterocycles. The SMILES string of the molecule is CC(=O)Nc1cccc(C(=O)Nc2ncc(Cc3ccc(F)cc3)s2)c1. The average molecular weight is 369 g/mol. The fraction of sp³-hybridized carbons (Fsp3) is 0.105. The molecule has 132 valence electrons. The number of nitrogens with zero attached hydrogens (tertiary/aromatic N) is 1. The smallest absolute Gasteiger partial charge is 0.257 e. The van der Waals surface area contributed by atoms with Gasteiger partial charge in [-0.2, -0.15) is 0 Å². The van der Waals surface area contributed by atoms with Crippen LogP contribution < -0.4 is 10.6 Å². The maximum absolute atomic E-state index is 13.0. The minimum Gasteiger partial charge on any atom is -0.326 e. The molecule has 3 aromatic rings. The summed E-state index contributed by atoms with van der Waals surface area (Å²) in [6, 6.07) is 13.0. The van der Waals surface area contributed by atoms with E-state index >= 15 is 0 Å². The lowest BCUT2D eigenvalue weighted by molar-refractivity contribution is -0.114. The Balaban J connectivity index is 1.66. The van der Waals surface area contributed by atoms with Crippen molar-refractivity contribution in [2.24, 2.45) is 0 Å². The Kier molecular flexibility index (Phi) is 5.38. The first-order valence-electron chi connectivity index (χ1n) is 7.88. The van der Waals surface area contributed by atoms with Gasteiger partial charge in [0.25, 0.3) is 5.91 Å². The molecule has 0 saturated carbocycles. The van der Waals surface area contributed by atoms with Gasteiger partial charge in [-0.25, -0.2) is 9.37 Å². The Morgan fingerprint density at radius 2 is 1.88 bits per heavy atom. The highest BCUT2D eigenvalue weighted by atomic mass is 32.1. The predicted molar refractivity (Wildman–Crippen MR) is 100 cm³/mol. The van der Waals surface area contributed by atoms with Gasteiger partial charge >= 0.3 is 0 Å². The van der Waals surface area contributed by atoms with Crippen LogP contribution in [0.5, 0.6) is 0 Å². The molecule has 0 atom stereocenters. The van der Waals surface area contributed by atoms with Crippen LogP contribution in [0.2, 0.25) is 0 Å². The van der Waals surface area contributed by atoms with Gasteiger partial charge in [0.1, 0.15) is 5.82 Å². The second-order valence-electron chi connectivity index (χ2n) is 5.65. The minimum atomic E-state index is -0.306. The molecule has 5 nitrogen and oxygen atoms in total. The number of carbonyl (C=O) groups excluding carboxylic acids is 2. The highest BCUT2D eigenvalue weighted by molar-refractivity contribution is 7.15. The lowest BCUT2D eigenvalue weighted by atomic mass is 10.1. The van der Waals surface area contributed by atoms with Gasteiger partial charge in [0.05, 0.1) is 0 Å². The number of amides is 2. The fourth-order valence-corrected chi connectivity index (χ4v) is 3.20. The van der Waals surface area contributed by atoms with E-state index in [0.717, 1.165) is 10.4 Å². The van der Waals surface area contributed by atoms with Gasteiger partial charge in [-0.15, -0.1) is 11.3 Å². The monoisotopic (exact) mass is 369 g/mol. The molecule has 2 N–H and O–H groups in total. The molecule has 0 aliphatic rings. The Bertz CT molecular complexity index is 938. The number of anilines is 2. The number of thiazole rings is 1. The summed E-state index contributed by atoms with van der Waals surface area (Å²) in [6.07, 6.45) is 2.31. The molecule has 2 aromatic carbocycles. The van der Waals surface area contributed by atoms with Gasteiger partial charge in [0.2, 0.25) is 5.91 Å². The van der Waals surface area contributed by atoms with Crippen molar-refractivity contribution < 1.29 is 14.0 Å². The molecule has 26 heavy (non-hydrogen) atoms. The molecule has 1 aromatic heterocycles. The second-order valence-corrected chi connectivity index (χ2v) is 6.77. The zero-order valence-corrected chi connectivity index (χ0v) is 14.8. The molecule has 0 radical (unpaired) electrons. The second kappa shape index (κ2) is 7.88. The quantitative estimate of drug-likeness (QED) is 0.712. The molecule has 0 aliphatic carbocycles. The van der Waals surface area contributed by atoms with Gasteiger partial charge < -0.3 is 5.32 Å². The number of nitrogens with one attached hydrogen (secondary N) is 2. The van der Waals surface area contributed by atoms with Crippen LogP contribution in [0.1, 0.15) is 27.7 Å². The summed E-state index contributed by atoms with van der Waals surface area (Å²) in [5.74, 6) is -0.777. The third-order valence-electron chi connectivity index (χ3n) is 3.51. The zero-order valence-electron chi connectivity index (χ0n) is 14.0. The van der Waals surface area contributed by atoms with E-state index in [1.807, 2.05) is 0 Å². The van der Waals surface area contributed by atoms with Crippen LogP contribution in [0.4, 0.5) is 15.2 Å². The predicted octanol–water partition coefficient (Wildman–Crippen LogP) is 4.08. The Morgan fingerprint density at radius 1 is 1.12 bits per heavy atom. The molecule has 2 amide bonds. The summed E-state index contributed by atoms with van der Waals surface area (Å²) >= 11 is 1.36. The molecule has 0 bridgehead atoms. The van der Waals surface area contributed by atoms with Gasteiger partial charge in [0, 0.05) is 35.7 Å². The van der Waals surface area contributed by atoms with Crippen molar-refractivity contribution in [3.63, 3.8) is 0 Å². The summed E-state index contributed by atoms with van der Waals surface area (Å²) in [7, 11) is 0. The maximum Gasteiger partial charge on any atom is 0.257 e. The minimum absolute atomic E-state index is 0.201. The molecule has 0 fully saturated rings. The average Bonchev–Trinajstić information content (AvgIpc) is 3.03. The highest BCUT2D eigenvalue weighted by Gasteiger charge is 2.10. The summed E-state index contributed by atoms with van der Waals surface area (Å²) < 4.78 is 13.0. The van der Waals surface area contributed by atoms with Crippen molar-refractivity contribution in [3.05, 3.63) is 76.5 Å². The lowest BCUT2D eigenvalue weighted by Gasteiger charge is -2.05. The number of benzene rings is 2. The standard InChI is InChI=1S/C19H16FN3O2S/c1-12(24)22-16-4-2-3-14(10-16)18(25)23-19-21-11-17(26-19)9-13-5-7-15(20)8-6-13/h2-8,10-11H,9H2,1H3,(H,22,24)(H,21,23,25). The van der Waals surface area contributed by atoms with Crippen LogP contribution in [0.15, 0.2) is 54.7 Å². The maximum atomic E-state index is 13.0. The zero-order chi connectivity index (χ0) is 18.5. The van der Waals surface area contributed by atoms with Crippen molar-refractivity contribution in [1.82, 2.24) is 4.98 Å². The molecule has 7 heteroatoms. The molecule has 0 aliphatic heterocycles. The van der Waals surface area contributed by atoms with Crippen LogP contribution in [0.3, 0.4) is 0 Å². The van der Waals surface area contributed by atoms with Crippen molar-refractivity contribution in [2.45, 2.75) is 13.3 Å². The van der Waals surface area contributed by atoms with Crippen LogP contribution in [-0.4, -0.2) is 16.8 Å². The van der Waals surface area contributed by atoms with Crippen LogP contribution in [0.25, 0.3) is 0 Å². The molecular weight excluding hydrogens is 353 g/mol. The summed E-state index contributed by atoms with van der Waals surface area (Å²) in [5, 5.41) is 5.87. The molecule has 0 spiro atoms. The molecule has 3 rings (SSSR count). The van der Waals surface area contributed by atoms with Gasteiger partial charge in [0.15, 0.2) is 5.13 Å². The third-order valence-corrected chi connectivity index (χ3v) is 4.42. The van der Waals surface area contributed by atoms with Crippen LogP contribution >= 0.6 is 11.3 Å². The van der Waals surface area contributed by atoms with Crippen molar-refractivity contribution in [3.8, 4) is 0 Å². The summed E-state index contributed by atoms with van der Waals surface area (Å²) in [5.41, 5.74) is 1.95. The molecule has 0 unspecified atom stereocenters. The van der Waals surface area contributed by atoms with E-state index in [4.69, 9.17) is 0 Å². The number of rotatable bonds is 5. The van der Waals surface area contributed by atoms with Crippen molar-refractivity contribution >= 4 is 34.0 Å². The number of halogens is 1. The molecule has 0 saturated heterocycles. The van der Waals surface area contributed by atoms with E-state index in [2.05, 4.69) is 15.6 Å². The van der Waals surface area contributed by atoms with Gasteiger partial charge in [-0.05, 0) is 35.9 Å². The summed E-state index contributed by atoms with van der Waals surface area (Å²) in [6.45, 7) is 1.41. The van der Waals surface area contributed by atoms with E-state index < -0.39 is 0 Å². The first kappa shape index (κ1) is 17.8. The first-order valence-corrected chi connectivity index (χ1v) is 8.69. The molecular formula is C19H16FN3O2S. The topological polar surface area (TPSA) is 71.1 Å². The number of aromatic nitrogens is 1. The van der Waals surface area contributed by atoms with E-state index in [1.165, 1.54) is 30.4 Å². The van der Waals surface area contributed by atoms with E-state index in [-0.39, 0.29) is 17.6 Å². The van der Waals surface area contributed by atoms with Gasteiger partial charge in [-0.3, -0.25) is 14.9 Å². The largest absolute Gasteiger partial charge is 0.326 e.